The van der Waals surface area contributed by atoms with E-state index in [-0.39, 0.29) is 29.2 Å². The molecule has 1 N–H and O–H groups in total. The molecule has 0 saturated carbocycles. The van der Waals surface area contributed by atoms with Crippen molar-refractivity contribution in [2.75, 3.05) is 19.7 Å². The fourth-order valence-corrected chi connectivity index (χ4v) is 5.61. The van der Waals surface area contributed by atoms with E-state index in [0.29, 0.717) is 29.5 Å². The maximum absolute atomic E-state index is 15.8. The molecule has 2 fully saturated rings. The van der Waals surface area contributed by atoms with Gasteiger partial charge in [0.05, 0.1) is 10.9 Å². The second-order valence-electron chi connectivity index (χ2n) is 9.27. The molecule has 2 aromatic heterocycles. The molecule has 0 spiro atoms. The predicted octanol–water partition coefficient (Wildman–Crippen LogP) is 4.21. The number of pyridine rings is 1. The number of fused-ring (bicyclic) bond motifs is 3. The summed E-state index contributed by atoms with van der Waals surface area (Å²) in [6.07, 6.45) is 8.26. The van der Waals surface area contributed by atoms with E-state index in [9.17, 15) is 9.18 Å². The lowest BCUT2D eigenvalue weighted by Gasteiger charge is -2.30. The Hall–Kier alpha value is -3.83. The van der Waals surface area contributed by atoms with Crippen LogP contribution in [0.3, 0.4) is 0 Å². The Labute approximate surface area is 200 Å². The zero-order valence-corrected chi connectivity index (χ0v) is 18.9. The number of hydrogen-bond acceptors (Lipinski definition) is 5. The number of ether oxygens (including phenoxy) is 1. The lowest BCUT2D eigenvalue weighted by molar-refractivity contribution is 0.107. The minimum absolute atomic E-state index is 0.0151. The van der Waals surface area contributed by atoms with Crippen molar-refractivity contribution in [1.82, 2.24) is 19.9 Å². The molecular formula is C27H22F2N4O2. The number of halogens is 2. The van der Waals surface area contributed by atoms with Gasteiger partial charge in [-0.2, -0.15) is 4.98 Å². The van der Waals surface area contributed by atoms with Crippen molar-refractivity contribution < 1.29 is 13.5 Å². The first-order chi connectivity index (χ1) is 17.0. The maximum atomic E-state index is 15.8. The molecule has 0 amide bonds. The molecule has 2 aliphatic heterocycles. The molecule has 0 aliphatic carbocycles. The number of benzene rings is 2. The topological polar surface area (TPSA) is 71.1 Å². The van der Waals surface area contributed by atoms with E-state index >= 15 is 4.39 Å². The van der Waals surface area contributed by atoms with Gasteiger partial charge in [-0.15, -0.1) is 6.42 Å². The Morgan fingerprint density at radius 2 is 2.11 bits per heavy atom. The molecule has 6 rings (SSSR count). The molecular weight excluding hydrogens is 450 g/mol. The molecule has 35 heavy (non-hydrogen) atoms. The molecule has 8 heteroatoms. The summed E-state index contributed by atoms with van der Waals surface area (Å²) in [6, 6.07) is 10.9. The molecule has 2 saturated heterocycles. The first-order valence-corrected chi connectivity index (χ1v) is 11.6. The number of nitrogens with one attached hydrogen (secondary N) is 1. The van der Waals surface area contributed by atoms with Gasteiger partial charge in [-0.1, -0.05) is 36.3 Å². The molecule has 6 nitrogen and oxygen atoms in total. The van der Waals surface area contributed by atoms with E-state index in [1.54, 1.807) is 18.2 Å². The number of alkyl halides is 1. The molecule has 4 heterocycles. The summed E-state index contributed by atoms with van der Waals surface area (Å²) in [4.78, 5) is 25.9. The molecule has 2 aromatic carbocycles. The van der Waals surface area contributed by atoms with Crippen molar-refractivity contribution in [2.45, 2.75) is 31.0 Å². The quantitative estimate of drug-likeness (QED) is 0.451. The molecule has 2 aliphatic rings. The molecule has 0 radical (unpaired) electrons. The summed E-state index contributed by atoms with van der Waals surface area (Å²) in [5, 5.41) is 1.57. The van der Waals surface area contributed by atoms with Crippen LogP contribution in [0.2, 0.25) is 0 Å². The normalized spacial score (nSPS) is 21.9. The Morgan fingerprint density at radius 3 is 2.94 bits per heavy atom. The number of nitrogens with zero attached hydrogens (tertiary/aromatic N) is 3. The van der Waals surface area contributed by atoms with Crippen LogP contribution in [0.1, 0.15) is 24.8 Å². The highest BCUT2D eigenvalue weighted by Crippen LogP contribution is 2.40. The summed E-state index contributed by atoms with van der Waals surface area (Å²) in [5.41, 5.74) is 0.0706. The van der Waals surface area contributed by atoms with Gasteiger partial charge in [0.1, 0.15) is 24.0 Å². The monoisotopic (exact) mass is 472 g/mol. The van der Waals surface area contributed by atoms with Gasteiger partial charge in [-0.25, -0.2) is 8.78 Å². The highest BCUT2D eigenvalue weighted by Gasteiger charge is 2.49. The van der Waals surface area contributed by atoms with Gasteiger partial charge in [-0.05, 0) is 30.8 Å². The van der Waals surface area contributed by atoms with Crippen molar-refractivity contribution in [3.8, 4) is 29.6 Å². The molecule has 2 atom stereocenters. The van der Waals surface area contributed by atoms with Crippen LogP contribution < -0.4 is 10.3 Å². The highest BCUT2D eigenvalue weighted by atomic mass is 19.1. The molecule has 176 valence electrons. The second-order valence-corrected chi connectivity index (χ2v) is 9.27. The molecule has 0 bridgehead atoms. The van der Waals surface area contributed by atoms with Gasteiger partial charge >= 0.3 is 0 Å². The van der Waals surface area contributed by atoms with Gasteiger partial charge in [0.15, 0.2) is 5.82 Å². The Kier molecular flexibility index (Phi) is 5.04. The second kappa shape index (κ2) is 8.14. The summed E-state index contributed by atoms with van der Waals surface area (Å²) in [6.45, 7) is 1.38. The average molecular weight is 472 g/mol. The van der Waals surface area contributed by atoms with Crippen molar-refractivity contribution in [2.24, 2.45) is 0 Å². The summed E-state index contributed by atoms with van der Waals surface area (Å²) < 4.78 is 35.8. The van der Waals surface area contributed by atoms with E-state index in [0.717, 1.165) is 24.8 Å². The van der Waals surface area contributed by atoms with Gasteiger partial charge in [-0.3, -0.25) is 19.7 Å². The highest BCUT2D eigenvalue weighted by molar-refractivity contribution is 6.01. The summed E-state index contributed by atoms with van der Waals surface area (Å²) in [5.74, 6) is 1.91. The Balaban J connectivity index is 1.43. The number of rotatable bonds is 4. The number of aromatic nitrogens is 3. The largest absolute Gasteiger partial charge is 0.463 e. The molecule has 4 aromatic rings. The standard InChI is InChI=1S/C27H22F2N4O2/c1-2-16-6-3-7-17-8-4-9-19(21(16)17)23-22(29)24-20(13-30-23)25(34)32-26(31-24)35-15-27-10-5-11-33(27)14-18(28)12-27/h1,3-4,6-9,13,18H,5,10-12,14-15H2,(H,31,32,34)/t18?,27-/m0/s1. The van der Waals surface area contributed by atoms with E-state index < -0.39 is 23.1 Å². The van der Waals surface area contributed by atoms with Crippen LogP contribution in [0.15, 0.2) is 47.4 Å². The molecule has 1 unspecified atom stereocenters. The van der Waals surface area contributed by atoms with Crippen LogP contribution in [0.25, 0.3) is 32.9 Å². The van der Waals surface area contributed by atoms with Gasteiger partial charge in [0, 0.05) is 35.7 Å². The van der Waals surface area contributed by atoms with Crippen LogP contribution >= 0.6 is 0 Å². The van der Waals surface area contributed by atoms with Crippen molar-refractivity contribution in [3.63, 3.8) is 0 Å². The smallest absolute Gasteiger partial charge is 0.297 e. The van der Waals surface area contributed by atoms with E-state index in [1.807, 2.05) is 18.2 Å². The van der Waals surface area contributed by atoms with Crippen molar-refractivity contribution in [1.29, 1.82) is 0 Å². The van der Waals surface area contributed by atoms with E-state index in [1.165, 1.54) is 6.20 Å². The minimum atomic E-state index is -0.901. The third-order valence-electron chi connectivity index (χ3n) is 7.23. The van der Waals surface area contributed by atoms with Crippen LogP contribution in [0.4, 0.5) is 8.78 Å². The summed E-state index contributed by atoms with van der Waals surface area (Å²) in [7, 11) is 0. The lowest BCUT2D eigenvalue weighted by atomic mass is 9.95. The number of terminal acetylenes is 1. The average Bonchev–Trinajstić information content (AvgIpc) is 3.38. The first-order valence-electron chi connectivity index (χ1n) is 11.6. The third kappa shape index (κ3) is 3.46. The van der Waals surface area contributed by atoms with Gasteiger partial charge in [0.25, 0.3) is 11.6 Å². The Bertz CT molecular complexity index is 1570. The van der Waals surface area contributed by atoms with Crippen LogP contribution in [-0.2, 0) is 0 Å². The van der Waals surface area contributed by atoms with E-state index in [4.69, 9.17) is 11.2 Å². The maximum Gasteiger partial charge on any atom is 0.297 e. The van der Waals surface area contributed by atoms with Crippen molar-refractivity contribution in [3.05, 3.63) is 64.3 Å². The number of H-pyrrole nitrogens is 1. The number of hydrogen-bond donors (Lipinski definition) is 1. The van der Waals surface area contributed by atoms with Crippen LogP contribution in [-0.4, -0.2) is 51.3 Å². The van der Waals surface area contributed by atoms with Gasteiger partial charge < -0.3 is 4.74 Å². The minimum Gasteiger partial charge on any atom is -0.463 e. The fourth-order valence-electron chi connectivity index (χ4n) is 5.61. The predicted molar refractivity (Wildman–Crippen MR) is 130 cm³/mol. The van der Waals surface area contributed by atoms with Gasteiger partial charge in [0.2, 0.25) is 0 Å². The first kappa shape index (κ1) is 21.7. The zero-order chi connectivity index (χ0) is 24.2. The number of aromatic amines is 1. The van der Waals surface area contributed by atoms with Crippen LogP contribution in [0, 0.1) is 18.2 Å². The lowest BCUT2D eigenvalue weighted by Crippen LogP contribution is -2.43. The SMILES string of the molecule is C#Cc1cccc2cccc(-c3ncc4c(=O)[nH]c(OC[C@@]56CCCN5CC(F)C6)nc4c3F)c12. The van der Waals surface area contributed by atoms with Crippen LogP contribution in [0.5, 0.6) is 6.01 Å². The van der Waals surface area contributed by atoms with E-state index in [2.05, 4.69) is 25.8 Å². The third-order valence-corrected chi connectivity index (χ3v) is 7.23. The fraction of sp³-hybridized carbons (Fsp3) is 0.296. The summed E-state index contributed by atoms with van der Waals surface area (Å²) >= 11 is 0. The zero-order valence-electron chi connectivity index (χ0n) is 18.9. The Morgan fingerprint density at radius 1 is 1.29 bits per heavy atom. The van der Waals surface area contributed by atoms with Crippen molar-refractivity contribution >= 4 is 21.7 Å².